The number of ether oxygens (including phenoxy) is 6. The minimum Gasteiger partial charge on any atom is -0.394 e. The predicted octanol–water partition coefficient (Wildman–Crippen LogP) is 7.10. The largest absolute Gasteiger partial charge is 0.394 e. The van der Waals surface area contributed by atoms with Gasteiger partial charge in [-0.25, -0.2) is 0 Å². The van der Waals surface area contributed by atoms with Crippen molar-refractivity contribution in [3.8, 4) is 0 Å². The van der Waals surface area contributed by atoms with Gasteiger partial charge in [0.15, 0.2) is 18.9 Å². The van der Waals surface area contributed by atoms with Crippen molar-refractivity contribution in [2.75, 3.05) is 26.4 Å². The van der Waals surface area contributed by atoms with E-state index < -0.39 is 124 Å². The molecule has 0 aromatic heterocycles. The normalized spacial score (nSPS) is 29.7. The topological polar surface area (TPSA) is 307 Å². The zero-order valence-corrected chi connectivity index (χ0v) is 50.5. The van der Waals surface area contributed by atoms with E-state index in [-0.39, 0.29) is 18.9 Å². The number of allylic oxidation sites excluding steroid dienone is 3. The molecule has 0 aromatic rings. The Morgan fingerprint density at radius 3 is 1.18 bits per heavy atom. The number of hydrogen-bond donors (Lipinski definition) is 12. The lowest BCUT2D eigenvalue weighted by atomic mass is 9.96. The molecule has 3 rings (SSSR count). The Morgan fingerprint density at radius 1 is 0.427 bits per heavy atom. The van der Waals surface area contributed by atoms with Crippen molar-refractivity contribution in [2.45, 2.75) is 343 Å². The van der Waals surface area contributed by atoms with E-state index in [4.69, 9.17) is 28.4 Å². The van der Waals surface area contributed by atoms with Gasteiger partial charge in [0.2, 0.25) is 5.91 Å². The van der Waals surface area contributed by atoms with Crippen molar-refractivity contribution >= 4 is 5.91 Å². The average molecular weight is 1180 g/mol. The van der Waals surface area contributed by atoms with Gasteiger partial charge in [-0.3, -0.25) is 4.79 Å². The number of hydrogen-bond acceptors (Lipinski definition) is 18. The average Bonchev–Trinajstić information content (AvgIpc) is 3.64. The Labute approximate surface area is 492 Å². The predicted molar refractivity (Wildman–Crippen MR) is 314 cm³/mol. The smallest absolute Gasteiger partial charge is 0.220 e. The van der Waals surface area contributed by atoms with Gasteiger partial charge in [-0.15, -0.1) is 0 Å². The molecule has 0 aliphatic carbocycles. The van der Waals surface area contributed by atoms with Gasteiger partial charge in [-0.1, -0.05) is 212 Å². The third-order valence-electron chi connectivity index (χ3n) is 16.5. The van der Waals surface area contributed by atoms with Crippen LogP contribution in [0.5, 0.6) is 0 Å². The fourth-order valence-electron chi connectivity index (χ4n) is 11.1. The first-order valence-electron chi connectivity index (χ1n) is 32.6. The van der Waals surface area contributed by atoms with Crippen LogP contribution in [0.15, 0.2) is 24.3 Å². The highest BCUT2D eigenvalue weighted by Gasteiger charge is 2.53. The number of carbonyl (C=O) groups is 1. The molecule has 19 nitrogen and oxygen atoms in total. The molecule has 3 aliphatic rings. The van der Waals surface area contributed by atoms with Crippen LogP contribution in [-0.4, -0.2) is 193 Å². The second-order valence-electron chi connectivity index (χ2n) is 23.6. The first-order valence-corrected chi connectivity index (χ1v) is 32.6. The van der Waals surface area contributed by atoms with E-state index in [9.17, 15) is 61.0 Å². The quantitative estimate of drug-likeness (QED) is 0.0213. The maximum Gasteiger partial charge on any atom is 0.220 e. The van der Waals surface area contributed by atoms with Crippen molar-refractivity contribution in [1.29, 1.82) is 0 Å². The molecule has 0 saturated carbocycles. The zero-order chi connectivity index (χ0) is 59.7. The highest BCUT2D eigenvalue weighted by molar-refractivity contribution is 5.76. The van der Waals surface area contributed by atoms with Crippen molar-refractivity contribution in [1.82, 2.24) is 5.32 Å². The van der Waals surface area contributed by atoms with Crippen LogP contribution >= 0.6 is 0 Å². The number of amides is 1. The van der Waals surface area contributed by atoms with Gasteiger partial charge in [-0.05, 0) is 44.9 Å². The van der Waals surface area contributed by atoms with Crippen molar-refractivity contribution < 1.29 is 89.4 Å². The zero-order valence-electron chi connectivity index (χ0n) is 50.5. The number of carbonyl (C=O) groups excluding carboxylic acids is 1. The van der Waals surface area contributed by atoms with Gasteiger partial charge >= 0.3 is 0 Å². The minimum atomic E-state index is -1.98. The van der Waals surface area contributed by atoms with Gasteiger partial charge in [0.25, 0.3) is 0 Å². The van der Waals surface area contributed by atoms with E-state index in [1.54, 1.807) is 6.08 Å². The van der Waals surface area contributed by atoms with Crippen LogP contribution in [0.2, 0.25) is 0 Å². The Bertz CT molecular complexity index is 1590. The van der Waals surface area contributed by atoms with E-state index in [0.29, 0.717) is 6.42 Å². The van der Waals surface area contributed by atoms with Crippen LogP contribution < -0.4 is 5.32 Å². The first kappa shape index (κ1) is 74.5. The molecule has 3 saturated heterocycles. The molecule has 82 heavy (non-hydrogen) atoms. The Morgan fingerprint density at radius 2 is 0.768 bits per heavy atom. The van der Waals surface area contributed by atoms with Crippen LogP contribution in [0.3, 0.4) is 0 Å². The molecule has 3 heterocycles. The fraction of sp³-hybridized carbons (Fsp3) is 0.921. The molecule has 17 unspecified atom stereocenters. The molecule has 1 amide bonds. The van der Waals surface area contributed by atoms with Gasteiger partial charge in [0, 0.05) is 6.42 Å². The summed E-state index contributed by atoms with van der Waals surface area (Å²) in [6.45, 7) is 1.71. The molecule has 17 atom stereocenters. The molecule has 3 aliphatic heterocycles. The Balaban J connectivity index is 1.39. The second-order valence-corrected chi connectivity index (χ2v) is 23.6. The van der Waals surface area contributed by atoms with Gasteiger partial charge in [0.05, 0.1) is 38.6 Å². The summed E-state index contributed by atoms with van der Waals surface area (Å²) in [6.07, 6.45) is 23.3. The number of rotatable bonds is 49. The number of aliphatic hydroxyl groups excluding tert-OH is 11. The lowest BCUT2D eigenvalue weighted by Gasteiger charge is -2.48. The fourth-order valence-corrected chi connectivity index (χ4v) is 11.1. The summed E-state index contributed by atoms with van der Waals surface area (Å²) in [5, 5.41) is 120. The molecule has 0 bridgehead atoms. The third kappa shape index (κ3) is 29.3. The molecule has 12 N–H and O–H groups in total. The number of nitrogens with one attached hydrogen (secondary N) is 1. The Hall–Kier alpha value is -1.73. The SMILES string of the molecule is CCCCCCCCCC/C=C\CCCCCCCCCCCCCCCCCC(=O)NC(COC1OC(CO)C(OC2OC(CO)C(OC3OC(CO)C(O)C(O)C3O)C(O)C2O)C(O)C1O)C(O)/C=C/CCCCCCCCCC. The summed E-state index contributed by atoms with van der Waals surface area (Å²) < 4.78 is 34.2. The summed E-state index contributed by atoms with van der Waals surface area (Å²) in [6, 6.07) is -0.968. The maximum absolute atomic E-state index is 13.3. The van der Waals surface area contributed by atoms with Crippen molar-refractivity contribution in [2.24, 2.45) is 0 Å². The van der Waals surface area contributed by atoms with E-state index in [0.717, 1.165) is 44.9 Å². The van der Waals surface area contributed by atoms with E-state index in [2.05, 4.69) is 31.3 Å². The lowest BCUT2D eigenvalue weighted by molar-refractivity contribution is -0.379. The highest BCUT2D eigenvalue weighted by Crippen LogP contribution is 2.33. The van der Waals surface area contributed by atoms with Crippen LogP contribution in [-0.2, 0) is 33.2 Å². The highest BCUT2D eigenvalue weighted by atomic mass is 16.8. The number of unbranched alkanes of at least 4 members (excludes halogenated alkanes) is 31. The van der Waals surface area contributed by atoms with E-state index >= 15 is 0 Å². The molecule has 0 spiro atoms. The summed E-state index contributed by atoms with van der Waals surface area (Å²) in [4.78, 5) is 13.3. The monoisotopic (exact) mass is 1180 g/mol. The van der Waals surface area contributed by atoms with Gasteiger partial charge in [0.1, 0.15) is 73.2 Å². The standard InChI is InChI=1S/C63H117NO18/c1-3-5-7-9-11-13-15-16-17-18-19-20-21-22-23-24-25-26-27-28-29-30-31-33-35-37-39-41-51(69)64-46(47(68)40-38-36-34-32-14-12-10-8-6-4-2)45-77-61-57(75)54(72)59(49(43-66)79-61)82-63-58(76)55(73)60(50(44-67)80-63)81-62-56(74)53(71)52(70)48(42-65)78-62/h18-19,38,40,46-50,52-63,65-68,70-76H,3-17,20-37,39,41-45H2,1-2H3,(H,64,69)/b19-18-,40-38+. The molecule has 0 radical (unpaired) electrons. The molecular formula is C63H117NO18. The second kappa shape index (κ2) is 46.4. The molecule has 19 heteroatoms. The summed E-state index contributed by atoms with van der Waals surface area (Å²) >= 11 is 0. The van der Waals surface area contributed by atoms with Gasteiger partial charge < -0.3 is 89.9 Å². The minimum absolute atomic E-state index is 0.246. The summed E-state index contributed by atoms with van der Waals surface area (Å²) in [7, 11) is 0. The van der Waals surface area contributed by atoms with Crippen molar-refractivity contribution in [3.05, 3.63) is 24.3 Å². The van der Waals surface area contributed by atoms with Crippen LogP contribution in [0.4, 0.5) is 0 Å². The summed E-state index contributed by atoms with van der Waals surface area (Å²) in [5.74, 6) is -0.275. The van der Waals surface area contributed by atoms with Crippen LogP contribution in [0.25, 0.3) is 0 Å². The summed E-state index contributed by atoms with van der Waals surface area (Å²) in [5.41, 5.74) is 0. The molecular weight excluding hydrogens is 1060 g/mol. The molecule has 3 fully saturated rings. The van der Waals surface area contributed by atoms with Crippen molar-refractivity contribution in [3.63, 3.8) is 0 Å². The van der Waals surface area contributed by atoms with E-state index in [1.165, 1.54) is 167 Å². The third-order valence-corrected chi connectivity index (χ3v) is 16.5. The molecule has 482 valence electrons. The van der Waals surface area contributed by atoms with Gasteiger partial charge in [-0.2, -0.15) is 0 Å². The lowest BCUT2D eigenvalue weighted by Crippen LogP contribution is -2.66. The van der Waals surface area contributed by atoms with E-state index in [1.807, 2.05) is 6.08 Å². The number of aliphatic hydroxyl groups is 11. The Kier molecular flexibility index (Phi) is 42.2. The first-order chi connectivity index (χ1) is 39.8. The maximum atomic E-state index is 13.3. The molecule has 0 aromatic carbocycles. The van der Waals surface area contributed by atoms with Crippen LogP contribution in [0.1, 0.15) is 239 Å². The van der Waals surface area contributed by atoms with Crippen LogP contribution in [0, 0.1) is 0 Å².